The molecule has 82 valence electrons. The van der Waals surface area contributed by atoms with Crippen LogP contribution in [0.3, 0.4) is 0 Å². The van der Waals surface area contributed by atoms with Gasteiger partial charge in [-0.25, -0.2) is 4.79 Å². The second kappa shape index (κ2) is 5.37. The molecule has 1 aromatic heterocycles. The highest BCUT2D eigenvalue weighted by molar-refractivity contribution is 7.07. The van der Waals surface area contributed by atoms with Gasteiger partial charge in [0.05, 0.1) is 6.20 Å². The highest BCUT2D eigenvalue weighted by Crippen LogP contribution is 2.01. The van der Waals surface area contributed by atoms with Crippen LogP contribution < -0.4 is 5.32 Å². The Morgan fingerprint density at radius 1 is 1.60 bits per heavy atom. The molecule has 1 heterocycles. The highest BCUT2D eigenvalue weighted by atomic mass is 32.1. The number of aliphatic hydroxyl groups is 1. The molecule has 7 nitrogen and oxygen atoms in total. The molecule has 15 heavy (non-hydrogen) atoms. The minimum absolute atomic E-state index is 0.0344. The van der Waals surface area contributed by atoms with E-state index in [2.05, 4.69) is 14.9 Å². The third kappa shape index (κ3) is 3.60. The second-order valence-corrected chi connectivity index (χ2v) is 3.47. The highest BCUT2D eigenvalue weighted by Gasteiger charge is 2.13. The van der Waals surface area contributed by atoms with E-state index in [-0.39, 0.29) is 18.9 Å². The van der Waals surface area contributed by atoms with Gasteiger partial charge in [-0.15, -0.1) is 5.10 Å². The van der Waals surface area contributed by atoms with Crippen LogP contribution in [0.15, 0.2) is 6.20 Å². The van der Waals surface area contributed by atoms with Gasteiger partial charge < -0.3 is 15.5 Å². The molecule has 0 aromatic carbocycles. The number of amides is 1. The van der Waals surface area contributed by atoms with E-state index >= 15 is 0 Å². The van der Waals surface area contributed by atoms with Gasteiger partial charge in [0.15, 0.2) is 6.10 Å². The SMILES string of the molecule is O=C(NCCC(O)C(=O)O)c1cnns1. The number of carboxylic acid groups (broad SMARTS) is 1. The summed E-state index contributed by atoms with van der Waals surface area (Å²) in [5, 5.41) is 23.2. The summed E-state index contributed by atoms with van der Waals surface area (Å²) in [4.78, 5) is 21.8. The van der Waals surface area contributed by atoms with Crippen molar-refractivity contribution in [1.82, 2.24) is 14.9 Å². The lowest BCUT2D eigenvalue weighted by atomic mass is 10.2. The van der Waals surface area contributed by atoms with Crippen molar-refractivity contribution >= 4 is 23.4 Å². The molecule has 0 bridgehead atoms. The van der Waals surface area contributed by atoms with Crippen molar-refractivity contribution in [1.29, 1.82) is 0 Å². The van der Waals surface area contributed by atoms with Crippen molar-refractivity contribution in [3.8, 4) is 0 Å². The van der Waals surface area contributed by atoms with Gasteiger partial charge in [-0.2, -0.15) is 0 Å². The molecule has 0 saturated carbocycles. The Labute approximate surface area is 88.9 Å². The summed E-state index contributed by atoms with van der Waals surface area (Å²) in [7, 11) is 0. The van der Waals surface area contributed by atoms with Crippen LogP contribution in [0.4, 0.5) is 0 Å². The molecule has 1 amide bonds. The minimum atomic E-state index is -1.45. The monoisotopic (exact) mass is 231 g/mol. The zero-order valence-corrected chi connectivity index (χ0v) is 8.40. The molecule has 0 radical (unpaired) electrons. The quantitative estimate of drug-likeness (QED) is 0.605. The van der Waals surface area contributed by atoms with E-state index in [0.717, 1.165) is 11.5 Å². The Bertz CT molecular complexity index is 340. The summed E-state index contributed by atoms with van der Waals surface area (Å²) >= 11 is 0.944. The summed E-state index contributed by atoms with van der Waals surface area (Å²) in [6.07, 6.45) is -0.175. The number of rotatable bonds is 5. The first-order valence-electron chi connectivity index (χ1n) is 4.07. The van der Waals surface area contributed by atoms with Gasteiger partial charge >= 0.3 is 5.97 Å². The fourth-order valence-electron chi connectivity index (χ4n) is 0.800. The topological polar surface area (TPSA) is 112 Å². The van der Waals surface area contributed by atoms with E-state index in [1.165, 1.54) is 6.20 Å². The Morgan fingerprint density at radius 2 is 2.33 bits per heavy atom. The predicted molar refractivity (Wildman–Crippen MR) is 50.5 cm³/mol. The van der Waals surface area contributed by atoms with Crippen LogP contribution >= 0.6 is 11.5 Å². The number of aliphatic carboxylic acids is 1. The Hall–Kier alpha value is -1.54. The van der Waals surface area contributed by atoms with Crippen LogP contribution in [-0.4, -0.2) is 44.3 Å². The summed E-state index contributed by atoms with van der Waals surface area (Å²) in [6, 6.07) is 0. The molecule has 1 aromatic rings. The molecular formula is C7H9N3O4S. The zero-order valence-electron chi connectivity index (χ0n) is 7.58. The third-order valence-corrected chi connectivity index (χ3v) is 2.24. The van der Waals surface area contributed by atoms with Crippen LogP contribution in [0.1, 0.15) is 16.1 Å². The fraction of sp³-hybridized carbons (Fsp3) is 0.429. The Balaban J connectivity index is 2.27. The first kappa shape index (κ1) is 11.5. The molecule has 0 aliphatic rings. The number of hydrogen-bond donors (Lipinski definition) is 3. The molecule has 3 N–H and O–H groups in total. The number of hydrogen-bond acceptors (Lipinski definition) is 6. The maximum Gasteiger partial charge on any atom is 0.332 e. The van der Waals surface area contributed by atoms with Gasteiger partial charge in [-0.3, -0.25) is 4.79 Å². The molecule has 0 fully saturated rings. The third-order valence-electron chi connectivity index (χ3n) is 1.57. The zero-order chi connectivity index (χ0) is 11.3. The van der Waals surface area contributed by atoms with E-state index in [0.29, 0.717) is 4.88 Å². The molecule has 8 heteroatoms. The van der Waals surface area contributed by atoms with Crippen LogP contribution in [0.5, 0.6) is 0 Å². The molecule has 0 spiro atoms. The molecule has 0 saturated heterocycles. The number of carbonyl (C=O) groups is 2. The lowest BCUT2D eigenvalue weighted by molar-refractivity contribution is -0.146. The van der Waals surface area contributed by atoms with E-state index in [1.54, 1.807) is 0 Å². The molecule has 1 unspecified atom stereocenters. The number of carboxylic acids is 1. The maximum atomic E-state index is 11.2. The lowest BCUT2D eigenvalue weighted by Crippen LogP contribution is -2.29. The predicted octanol–water partition coefficient (Wildman–Crippen LogP) is -0.897. The number of aliphatic hydroxyl groups excluding tert-OH is 1. The number of carbonyl (C=O) groups excluding carboxylic acids is 1. The van der Waals surface area contributed by atoms with Gasteiger partial charge in [0.2, 0.25) is 0 Å². The van der Waals surface area contributed by atoms with Crippen LogP contribution in [-0.2, 0) is 4.79 Å². The van der Waals surface area contributed by atoms with E-state index < -0.39 is 12.1 Å². The van der Waals surface area contributed by atoms with E-state index in [1.807, 2.05) is 0 Å². The Kier molecular flexibility index (Phi) is 4.13. The molecule has 1 atom stereocenters. The van der Waals surface area contributed by atoms with Crippen molar-refractivity contribution in [2.75, 3.05) is 6.54 Å². The average Bonchev–Trinajstić information content (AvgIpc) is 2.70. The minimum Gasteiger partial charge on any atom is -0.479 e. The lowest BCUT2D eigenvalue weighted by Gasteiger charge is -2.05. The van der Waals surface area contributed by atoms with Crippen molar-refractivity contribution in [3.05, 3.63) is 11.1 Å². The molecule has 0 aliphatic heterocycles. The standard InChI is InChI=1S/C7H9N3O4S/c11-4(7(13)14)1-2-8-6(12)5-3-9-10-15-5/h3-4,11H,1-2H2,(H,8,12)(H,13,14). The summed E-state index contributed by atoms with van der Waals surface area (Å²) in [6.45, 7) is 0.0875. The summed E-state index contributed by atoms with van der Waals surface area (Å²) in [5.41, 5.74) is 0. The molecule has 1 rings (SSSR count). The molecule has 0 aliphatic carbocycles. The first-order valence-corrected chi connectivity index (χ1v) is 4.85. The fourth-order valence-corrected chi connectivity index (χ4v) is 1.23. The van der Waals surface area contributed by atoms with Gasteiger partial charge in [0.1, 0.15) is 4.88 Å². The maximum absolute atomic E-state index is 11.2. The van der Waals surface area contributed by atoms with E-state index in [4.69, 9.17) is 10.2 Å². The van der Waals surface area contributed by atoms with Gasteiger partial charge in [0, 0.05) is 13.0 Å². The largest absolute Gasteiger partial charge is 0.479 e. The van der Waals surface area contributed by atoms with Crippen LogP contribution in [0.25, 0.3) is 0 Å². The number of nitrogens with one attached hydrogen (secondary N) is 1. The molecular weight excluding hydrogens is 222 g/mol. The van der Waals surface area contributed by atoms with Crippen molar-refractivity contribution in [2.24, 2.45) is 0 Å². The van der Waals surface area contributed by atoms with Crippen LogP contribution in [0, 0.1) is 0 Å². The first-order chi connectivity index (χ1) is 7.11. The van der Waals surface area contributed by atoms with E-state index in [9.17, 15) is 9.59 Å². The summed E-state index contributed by atoms with van der Waals surface area (Å²) in [5.74, 6) is -1.67. The Morgan fingerprint density at radius 3 is 2.87 bits per heavy atom. The number of nitrogens with zero attached hydrogens (tertiary/aromatic N) is 2. The van der Waals surface area contributed by atoms with Crippen molar-refractivity contribution in [3.63, 3.8) is 0 Å². The average molecular weight is 231 g/mol. The second-order valence-electron chi connectivity index (χ2n) is 2.68. The smallest absolute Gasteiger partial charge is 0.332 e. The van der Waals surface area contributed by atoms with Gasteiger partial charge in [-0.1, -0.05) is 4.49 Å². The van der Waals surface area contributed by atoms with Gasteiger partial charge in [0.25, 0.3) is 5.91 Å². The number of aromatic nitrogens is 2. The van der Waals surface area contributed by atoms with Crippen LogP contribution in [0.2, 0.25) is 0 Å². The summed E-state index contributed by atoms with van der Waals surface area (Å²) < 4.78 is 3.50. The van der Waals surface area contributed by atoms with Crippen molar-refractivity contribution < 1.29 is 19.8 Å². The van der Waals surface area contributed by atoms with Gasteiger partial charge in [-0.05, 0) is 11.5 Å². The normalized spacial score (nSPS) is 12.1. The van der Waals surface area contributed by atoms with Crippen molar-refractivity contribution in [2.45, 2.75) is 12.5 Å².